The number of amides is 2. The van der Waals surface area contributed by atoms with Crippen LogP contribution in [0.3, 0.4) is 0 Å². The predicted molar refractivity (Wildman–Crippen MR) is 111 cm³/mol. The van der Waals surface area contributed by atoms with Crippen LogP contribution in [0.1, 0.15) is 27.9 Å². The summed E-state index contributed by atoms with van der Waals surface area (Å²) in [7, 11) is 5.38. The van der Waals surface area contributed by atoms with Gasteiger partial charge in [-0.25, -0.2) is 0 Å². The molecule has 3 rings (SSSR count). The number of anilines is 2. The first-order chi connectivity index (χ1) is 13.3. The molecule has 2 amide bonds. The van der Waals surface area contributed by atoms with Crippen LogP contribution in [0.2, 0.25) is 0 Å². The Hall–Kier alpha value is -3.02. The highest BCUT2D eigenvalue weighted by Crippen LogP contribution is 2.35. The fraction of sp³-hybridized carbons (Fsp3) is 0.364. The van der Waals surface area contributed by atoms with Crippen LogP contribution in [-0.4, -0.2) is 50.5 Å². The summed E-state index contributed by atoms with van der Waals surface area (Å²) in [6, 6.07) is 11.2. The van der Waals surface area contributed by atoms with Gasteiger partial charge >= 0.3 is 0 Å². The maximum atomic E-state index is 12.7. The zero-order valence-corrected chi connectivity index (χ0v) is 17.1. The number of nitrogens with one attached hydrogen (secondary N) is 1. The second-order valence-corrected chi connectivity index (χ2v) is 7.48. The highest BCUT2D eigenvalue weighted by Gasteiger charge is 2.28. The maximum absolute atomic E-state index is 12.7. The lowest BCUT2D eigenvalue weighted by atomic mass is 10.1. The van der Waals surface area contributed by atoms with E-state index in [1.807, 2.05) is 56.1 Å². The highest BCUT2D eigenvalue weighted by molar-refractivity contribution is 5.96. The van der Waals surface area contributed by atoms with Crippen LogP contribution in [0.15, 0.2) is 36.4 Å². The number of fused-ring (bicyclic) bond motifs is 1. The molecule has 28 heavy (non-hydrogen) atoms. The number of hydrogen-bond acceptors (Lipinski definition) is 4. The Morgan fingerprint density at radius 2 is 1.86 bits per heavy atom. The maximum Gasteiger partial charge on any atom is 0.253 e. The van der Waals surface area contributed by atoms with Crippen LogP contribution in [0.4, 0.5) is 11.4 Å². The number of rotatable bonds is 4. The molecular weight excluding hydrogens is 354 g/mol. The van der Waals surface area contributed by atoms with Crippen molar-refractivity contribution in [2.45, 2.75) is 26.3 Å². The van der Waals surface area contributed by atoms with E-state index in [0.717, 1.165) is 28.3 Å². The molecule has 2 aromatic rings. The number of ether oxygens (including phenoxy) is 1. The molecule has 0 spiro atoms. The Balaban J connectivity index is 1.74. The summed E-state index contributed by atoms with van der Waals surface area (Å²) in [6.07, 6.45) is 0.301. The van der Waals surface area contributed by atoms with Gasteiger partial charge in [-0.3, -0.25) is 9.59 Å². The molecule has 6 heteroatoms. The third kappa shape index (κ3) is 3.96. The fourth-order valence-electron chi connectivity index (χ4n) is 3.41. The van der Waals surface area contributed by atoms with Crippen LogP contribution >= 0.6 is 0 Å². The van der Waals surface area contributed by atoms with Gasteiger partial charge in [-0.15, -0.1) is 0 Å². The van der Waals surface area contributed by atoms with E-state index >= 15 is 0 Å². The molecule has 1 aliphatic rings. The number of likely N-dealkylation sites (N-methyl/N-ethyl adjacent to an activating group) is 1. The summed E-state index contributed by atoms with van der Waals surface area (Å²) in [5.74, 6) is 0.608. The smallest absolute Gasteiger partial charge is 0.253 e. The first-order valence-corrected chi connectivity index (χ1v) is 9.35. The number of hydrogen-bond donors (Lipinski definition) is 1. The lowest BCUT2D eigenvalue weighted by Crippen LogP contribution is -2.42. The van der Waals surface area contributed by atoms with Crippen molar-refractivity contribution in [3.05, 3.63) is 53.1 Å². The Morgan fingerprint density at radius 1 is 1.18 bits per heavy atom. The molecule has 1 aliphatic heterocycles. The third-order valence-electron chi connectivity index (χ3n) is 5.14. The molecule has 6 nitrogen and oxygen atoms in total. The quantitative estimate of drug-likeness (QED) is 0.883. The monoisotopic (exact) mass is 381 g/mol. The Morgan fingerprint density at radius 3 is 2.50 bits per heavy atom. The molecule has 1 heterocycles. The van der Waals surface area contributed by atoms with Crippen LogP contribution < -0.4 is 15.0 Å². The van der Waals surface area contributed by atoms with E-state index in [0.29, 0.717) is 18.6 Å². The van der Waals surface area contributed by atoms with E-state index in [-0.39, 0.29) is 17.9 Å². The average Bonchev–Trinajstić information content (AvgIpc) is 2.66. The summed E-state index contributed by atoms with van der Waals surface area (Å²) in [6.45, 7) is 4.39. The Bertz CT molecular complexity index is 888. The van der Waals surface area contributed by atoms with Crippen molar-refractivity contribution in [2.24, 2.45) is 0 Å². The van der Waals surface area contributed by atoms with E-state index < -0.39 is 0 Å². The van der Waals surface area contributed by atoms with E-state index in [9.17, 15) is 9.59 Å². The largest absolute Gasteiger partial charge is 0.489 e. The lowest BCUT2D eigenvalue weighted by molar-refractivity contribution is -0.116. The number of carbonyl (C=O) groups excluding carboxylic acids is 2. The number of aryl methyl sites for hydroxylation is 2. The van der Waals surface area contributed by atoms with Crippen molar-refractivity contribution in [2.75, 3.05) is 38.0 Å². The van der Waals surface area contributed by atoms with Gasteiger partial charge in [0, 0.05) is 32.4 Å². The van der Waals surface area contributed by atoms with Crippen LogP contribution in [0.25, 0.3) is 0 Å². The first-order valence-electron chi connectivity index (χ1n) is 9.35. The minimum Gasteiger partial charge on any atom is -0.489 e. The summed E-state index contributed by atoms with van der Waals surface area (Å²) < 4.78 is 5.85. The molecule has 0 aromatic heterocycles. The van der Waals surface area contributed by atoms with Crippen molar-refractivity contribution in [3.8, 4) is 5.75 Å². The van der Waals surface area contributed by atoms with Crippen LogP contribution in [0, 0.1) is 13.8 Å². The van der Waals surface area contributed by atoms with Crippen molar-refractivity contribution in [1.29, 1.82) is 0 Å². The van der Waals surface area contributed by atoms with Gasteiger partial charge in [-0.2, -0.15) is 0 Å². The first kappa shape index (κ1) is 19.7. The van der Waals surface area contributed by atoms with E-state index in [4.69, 9.17) is 4.74 Å². The van der Waals surface area contributed by atoms with Crippen molar-refractivity contribution in [1.82, 2.24) is 4.90 Å². The van der Waals surface area contributed by atoms with Gasteiger partial charge in [-0.05, 0) is 43.2 Å². The molecular formula is C22H27N3O3. The summed E-state index contributed by atoms with van der Waals surface area (Å²) >= 11 is 0. The highest BCUT2D eigenvalue weighted by atomic mass is 16.5. The molecule has 0 radical (unpaired) electrons. The molecule has 1 unspecified atom stereocenters. The molecule has 2 aromatic carbocycles. The summed E-state index contributed by atoms with van der Waals surface area (Å²) in [4.78, 5) is 28.5. The topological polar surface area (TPSA) is 61.9 Å². The van der Waals surface area contributed by atoms with Gasteiger partial charge in [0.2, 0.25) is 5.91 Å². The van der Waals surface area contributed by atoms with Crippen LogP contribution in [-0.2, 0) is 4.79 Å². The van der Waals surface area contributed by atoms with Crippen molar-refractivity contribution in [3.63, 3.8) is 0 Å². The third-order valence-corrected chi connectivity index (χ3v) is 5.14. The molecule has 0 saturated heterocycles. The molecule has 0 bridgehead atoms. The average molecular weight is 381 g/mol. The van der Waals surface area contributed by atoms with Crippen LogP contribution in [0.5, 0.6) is 5.75 Å². The van der Waals surface area contributed by atoms with E-state index in [2.05, 4.69) is 5.32 Å². The molecule has 0 aliphatic carbocycles. The molecule has 148 valence electrons. The zero-order valence-electron chi connectivity index (χ0n) is 17.1. The Kier molecular flexibility index (Phi) is 5.58. The second kappa shape index (κ2) is 7.92. The van der Waals surface area contributed by atoms with E-state index in [1.54, 1.807) is 25.1 Å². The van der Waals surface area contributed by atoms with Gasteiger partial charge < -0.3 is 19.9 Å². The van der Waals surface area contributed by atoms with Crippen molar-refractivity contribution >= 4 is 23.2 Å². The SMILES string of the molecule is Cc1cccc(C)c1NC(=O)CC1COc2ccc(C(=O)N(C)C)cc2N1C. The van der Waals surface area contributed by atoms with Gasteiger partial charge in [-0.1, -0.05) is 18.2 Å². The zero-order chi connectivity index (χ0) is 20.4. The number of carbonyl (C=O) groups is 2. The van der Waals surface area contributed by atoms with Gasteiger partial charge in [0.15, 0.2) is 0 Å². The molecule has 0 fully saturated rings. The number of para-hydroxylation sites is 1. The minimum atomic E-state index is -0.110. The fourth-order valence-corrected chi connectivity index (χ4v) is 3.41. The standard InChI is InChI=1S/C22H27N3O3/c1-14-7-6-8-15(2)21(14)23-20(26)12-17-13-28-19-10-9-16(22(27)24(3)4)11-18(19)25(17)5/h6-11,17H,12-13H2,1-5H3,(H,23,26). The summed E-state index contributed by atoms with van der Waals surface area (Å²) in [5, 5.41) is 3.03. The predicted octanol–water partition coefficient (Wildman–Crippen LogP) is 3.23. The van der Waals surface area contributed by atoms with Gasteiger partial charge in [0.05, 0.1) is 18.2 Å². The summed E-state index contributed by atoms with van der Waals surface area (Å²) in [5.41, 5.74) is 4.37. The lowest BCUT2D eigenvalue weighted by Gasteiger charge is -2.36. The van der Waals surface area contributed by atoms with E-state index in [1.165, 1.54) is 0 Å². The molecule has 0 saturated carbocycles. The normalized spacial score (nSPS) is 15.5. The number of nitrogens with zero attached hydrogens (tertiary/aromatic N) is 2. The van der Waals surface area contributed by atoms with Crippen molar-refractivity contribution < 1.29 is 14.3 Å². The molecule has 1 N–H and O–H groups in total. The molecule has 1 atom stereocenters. The van der Waals surface area contributed by atoms with Gasteiger partial charge in [0.25, 0.3) is 5.91 Å². The number of benzene rings is 2. The Labute approximate surface area is 166 Å². The second-order valence-electron chi connectivity index (χ2n) is 7.48. The van der Waals surface area contributed by atoms with Gasteiger partial charge in [0.1, 0.15) is 12.4 Å². The minimum absolute atomic E-state index is 0.0539.